The molecule has 2 amide bonds. The predicted molar refractivity (Wildman–Crippen MR) is 122 cm³/mol. The van der Waals surface area contributed by atoms with Gasteiger partial charge in [0.2, 0.25) is 0 Å². The van der Waals surface area contributed by atoms with Crippen molar-refractivity contribution in [1.29, 1.82) is 0 Å². The molecule has 8 heteroatoms. The Hall–Kier alpha value is -2.38. The molecule has 1 aliphatic carbocycles. The van der Waals surface area contributed by atoms with E-state index in [1.165, 1.54) is 24.9 Å². The molecule has 2 fully saturated rings. The summed E-state index contributed by atoms with van der Waals surface area (Å²) >= 11 is 11.2. The molecule has 2 heterocycles. The average Bonchev–Trinajstić information content (AvgIpc) is 3.15. The van der Waals surface area contributed by atoms with Crippen molar-refractivity contribution in [3.05, 3.63) is 47.0 Å². The summed E-state index contributed by atoms with van der Waals surface area (Å²) < 4.78 is 5.43. The zero-order valence-electron chi connectivity index (χ0n) is 16.6. The highest BCUT2D eigenvalue weighted by atomic mass is 35.5. The monoisotopic (exact) mass is 445 g/mol. The fourth-order valence-corrected chi connectivity index (χ4v) is 4.33. The molecule has 6 nitrogen and oxygen atoms in total. The van der Waals surface area contributed by atoms with E-state index in [2.05, 4.69) is 22.3 Å². The van der Waals surface area contributed by atoms with Gasteiger partial charge in [0.25, 0.3) is 5.91 Å². The summed E-state index contributed by atoms with van der Waals surface area (Å²) in [6.07, 6.45) is 6.72. The molecule has 4 rings (SSSR count). The third-order valence-corrected chi connectivity index (χ3v) is 6.21. The summed E-state index contributed by atoms with van der Waals surface area (Å²) in [5.74, 6) is -0.299. The number of benzene rings is 1. The molecule has 0 radical (unpaired) electrons. The minimum Gasteiger partial charge on any atom is -0.442 e. The van der Waals surface area contributed by atoms with Gasteiger partial charge in [0.1, 0.15) is 6.10 Å². The van der Waals surface area contributed by atoms with Crippen LogP contribution in [0, 0.1) is 0 Å². The van der Waals surface area contributed by atoms with E-state index < -0.39 is 12.2 Å². The number of ether oxygens (including phenoxy) is 1. The lowest BCUT2D eigenvalue weighted by molar-refractivity contribution is -0.117. The Kier molecular flexibility index (Phi) is 6.39. The van der Waals surface area contributed by atoms with Crippen LogP contribution in [0.1, 0.15) is 25.7 Å². The maximum Gasteiger partial charge on any atom is 0.414 e. The largest absolute Gasteiger partial charge is 0.442 e. The van der Waals surface area contributed by atoms with Gasteiger partial charge in [-0.1, -0.05) is 29.9 Å². The van der Waals surface area contributed by atoms with E-state index in [0.29, 0.717) is 28.4 Å². The molecule has 1 aromatic carbocycles. The number of rotatable bonds is 5. The van der Waals surface area contributed by atoms with Crippen molar-refractivity contribution in [2.75, 3.05) is 36.0 Å². The lowest BCUT2D eigenvalue weighted by Crippen LogP contribution is -2.36. The van der Waals surface area contributed by atoms with Gasteiger partial charge in [-0.2, -0.15) is 0 Å². The number of thiocarbonyl (C=S) groups is 1. The fraction of sp³-hybridized carbons (Fsp3) is 0.409. The number of cyclic esters (lactones) is 1. The van der Waals surface area contributed by atoms with Crippen molar-refractivity contribution in [1.82, 2.24) is 5.32 Å². The lowest BCUT2D eigenvalue weighted by Gasteiger charge is -2.29. The molecule has 158 valence electrons. The summed E-state index contributed by atoms with van der Waals surface area (Å²) in [4.78, 5) is 29.3. The molecule has 1 atom stereocenters. The molecule has 0 saturated carbocycles. The number of amides is 2. The molecule has 2 aliphatic heterocycles. The molecule has 0 bridgehead atoms. The highest BCUT2D eigenvalue weighted by Crippen LogP contribution is 2.26. The number of piperidine rings is 1. The molecular formula is C22H24ClN3O3S. The van der Waals surface area contributed by atoms with Gasteiger partial charge in [-0.25, -0.2) is 4.79 Å². The number of carbonyl (C=O) groups excluding carboxylic acids is 2. The van der Waals surface area contributed by atoms with Gasteiger partial charge in [0.15, 0.2) is 0 Å². The molecule has 0 unspecified atom stereocenters. The minimum atomic E-state index is -0.424. The normalized spacial score (nSPS) is 21.8. The second-order valence-corrected chi connectivity index (χ2v) is 8.59. The van der Waals surface area contributed by atoms with Crippen LogP contribution in [-0.2, 0) is 9.53 Å². The Morgan fingerprint density at radius 2 is 1.87 bits per heavy atom. The van der Waals surface area contributed by atoms with Crippen LogP contribution in [-0.4, -0.2) is 49.1 Å². The summed E-state index contributed by atoms with van der Waals surface area (Å²) in [6, 6.07) is 8.01. The standard InChI is InChI=1S/C22H24ClN3O3S/c23-15-4-9-20(30)19(12-15)21(27)24-13-18-14-26(22(28)29-18)17-7-5-16(6-8-17)25-10-2-1-3-11-25/h4-8,12,18H,1-3,9-11,13-14H2,(H,24,27)/t18-/m0/s1. The van der Waals surface area contributed by atoms with E-state index >= 15 is 0 Å². The van der Waals surface area contributed by atoms with Crippen molar-refractivity contribution in [2.24, 2.45) is 0 Å². The van der Waals surface area contributed by atoms with E-state index in [9.17, 15) is 9.59 Å². The first kappa shape index (κ1) is 20.9. The second-order valence-electron chi connectivity index (χ2n) is 7.66. The number of nitrogens with zero attached hydrogens (tertiary/aromatic N) is 2. The third-order valence-electron chi connectivity index (χ3n) is 5.56. The number of hydrogen-bond acceptors (Lipinski definition) is 5. The smallest absolute Gasteiger partial charge is 0.414 e. The summed E-state index contributed by atoms with van der Waals surface area (Å²) in [6.45, 7) is 2.75. The van der Waals surface area contributed by atoms with Crippen molar-refractivity contribution in [3.8, 4) is 0 Å². The predicted octanol–water partition coefficient (Wildman–Crippen LogP) is 3.94. The molecule has 30 heavy (non-hydrogen) atoms. The summed E-state index contributed by atoms with van der Waals surface area (Å²) in [5.41, 5.74) is 2.37. The molecule has 0 spiro atoms. The molecule has 1 N–H and O–H groups in total. The average molecular weight is 446 g/mol. The first-order chi connectivity index (χ1) is 14.5. The Labute approximate surface area is 186 Å². The third kappa shape index (κ3) is 4.68. The van der Waals surface area contributed by atoms with E-state index in [4.69, 9.17) is 28.6 Å². The first-order valence-corrected chi connectivity index (χ1v) is 11.0. The van der Waals surface area contributed by atoms with Crippen LogP contribution in [0.3, 0.4) is 0 Å². The molecule has 3 aliphatic rings. The van der Waals surface area contributed by atoms with Crippen LogP contribution in [0.5, 0.6) is 0 Å². The SMILES string of the molecule is O=C(NC[C@H]1CN(c2ccc(N3CCCCC3)cc2)C(=O)O1)C1=CC(Cl)=CCC1=S. The Morgan fingerprint density at radius 3 is 2.60 bits per heavy atom. The van der Waals surface area contributed by atoms with Crippen LogP contribution in [0.2, 0.25) is 0 Å². The minimum absolute atomic E-state index is 0.216. The van der Waals surface area contributed by atoms with Crippen LogP contribution < -0.4 is 15.1 Å². The number of hydrogen-bond donors (Lipinski definition) is 1. The van der Waals surface area contributed by atoms with Crippen molar-refractivity contribution >= 4 is 52.1 Å². The van der Waals surface area contributed by atoms with Crippen molar-refractivity contribution in [2.45, 2.75) is 31.8 Å². The number of halogens is 1. The quantitative estimate of drug-likeness (QED) is 0.695. The molecule has 0 aromatic heterocycles. The molecule has 1 aromatic rings. The van der Waals surface area contributed by atoms with Crippen LogP contribution >= 0.6 is 23.8 Å². The van der Waals surface area contributed by atoms with Gasteiger partial charge >= 0.3 is 6.09 Å². The highest BCUT2D eigenvalue weighted by molar-refractivity contribution is 7.81. The van der Waals surface area contributed by atoms with Crippen LogP contribution in [0.4, 0.5) is 16.2 Å². The van der Waals surface area contributed by atoms with Crippen LogP contribution in [0.25, 0.3) is 0 Å². The molecule has 2 saturated heterocycles. The number of carbonyl (C=O) groups is 2. The van der Waals surface area contributed by atoms with Gasteiger partial charge in [0, 0.05) is 40.8 Å². The Balaban J connectivity index is 1.33. The van der Waals surface area contributed by atoms with Crippen LogP contribution in [0.15, 0.2) is 47.0 Å². The topological polar surface area (TPSA) is 61.9 Å². The number of allylic oxidation sites excluding steroid dienone is 3. The molecular weight excluding hydrogens is 422 g/mol. The summed E-state index contributed by atoms with van der Waals surface area (Å²) in [7, 11) is 0. The van der Waals surface area contributed by atoms with E-state index in [0.717, 1.165) is 18.8 Å². The lowest BCUT2D eigenvalue weighted by atomic mass is 10.0. The van der Waals surface area contributed by atoms with Gasteiger partial charge < -0.3 is 15.0 Å². The zero-order chi connectivity index (χ0) is 21.1. The Bertz CT molecular complexity index is 907. The van der Waals surface area contributed by atoms with E-state index in [-0.39, 0.29) is 12.5 Å². The maximum absolute atomic E-state index is 12.4. The van der Waals surface area contributed by atoms with Crippen molar-refractivity contribution < 1.29 is 14.3 Å². The van der Waals surface area contributed by atoms with Gasteiger partial charge in [-0.05, 0) is 49.6 Å². The second kappa shape index (κ2) is 9.18. The van der Waals surface area contributed by atoms with Gasteiger partial charge in [-0.15, -0.1) is 0 Å². The van der Waals surface area contributed by atoms with Gasteiger partial charge in [-0.3, -0.25) is 9.69 Å². The Morgan fingerprint density at radius 1 is 1.17 bits per heavy atom. The first-order valence-electron chi connectivity index (χ1n) is 10.2. The zero-order valence-corrected chi connectivity index (χ0v) is 18.2. The van der Waals surface area contributed by atoms with Gasteiger partial charge in [0.05, 0.1) is 18.7 Å². The summed E-state index contributed by atoms with van der Waals surface area (Å²) in [5, 5.41) is 3.30. The maximum atomic E-state index is 12.4. The highest BCUT2D eigenvalue weighted by Gasteiger charge is 2.33. The van der Waals surface area contributed by atoms with E-state index in [1.54, 1.807) is 17.1 Å². The number of nitrogens with one attached hydrogen (secondary N) is 1. The number of anilines is 2. The van der Waals surface area contributed by atoms with Crippen molar-refractivity contribution in [3.63, 3.8) is 0 Å². The van der Waals surface area contributed by atoms with E-state index in [1.807, 2.05) is 12.1 Å². The fourth-order valence-electron chi connectivity index (χ4n) is 3.91.